The number of amides is 3. The summed E-state index contributed by atoms with van der Waals surface area (Å²) in [7, 11) is 0. The fraction of sp³-hybridized carbons (Fsp3) is 0.625. The van der Waals surface area contributed by atoms with Crippen molar-refractivity contribution in [2.24, 2.45) is 0 Å². The van der Waals surface area contributed by atoms with Crippen LogP contribution in [-0.4, -0.2) is 47.4 Å². The standard InChI is InChI=1S/C16H23N3O2S/c1-12(10-18-7-3-5-15(18)20)17-16(21)19-8-2-4-14(19)13-6-9-22-11-13/h6,9,11-12,14H,2-5,7-8,10H2,1H3,(H,17,21). The molecule has 6 heteroatoms. The number of carbonyl (C=O) groups is 2. The molecule has 1 aromatic rings. The van der Waals surface area contributed by atoms with Crippen LogP contribution in [0, 0.1) is 0 Å². The van der Waals surface area contributed by atoms with Crippen LogP contribution in [0.4, 0.5) is 4.79 Å². The van der Waals surface area contributed by atoms with E-state index in [4.69, 9.17) is 0 Å². The first-order valence-corrected chi connectivity index (χ1v) is 8.96. The Kier molecular flexibility index (Phi) is 4.66. The van der Waals surface area contributed by atoms with Gasteiger partial charge in [0.15, 0.2) is 0 Å². The first-order valence-electron chi connectivity index (χ1n) is 8.02. The molecule has 22 heavy (non-hydrogen) atoms. The van der Waals surface area contributed by atoms with Gasteiger partial charge in [0.25, 0.3) is 0 Å². The molecule has 0 aromatic carbocycles. The molecule has 2 saturated heterocycles. The van der Waals surface area contributed by atoms with Gasteiger partial charge in [-0.2, -0.15) is 11.3 Å². The van der Waals surface area contributed by atoms with Crippen LogP contribution in [0.15, 0.2) is 16.8 Å². The summed E-state index contributed by atoms with van der Waals surface area (Å²) < 4.78 is 0. The molecule has 0 bridgehead atoms. The van der Waals surface area contributed by atoms with E-state index in [9.17, 15) is 9.59 Å². The molecular weight excluding hydrogens is 298 g/mol. The Balaban J connectivity index is 1.55. The van der Waals surface area contributed by atoms with Crippen LogP contribution in [-0.2, 0) is 4.79 Å². The average molecular weight is 321 g/mol. The van der Waals surface area contributed by atoms with Gasteiger partial charge in [-0.3, -0.25) is 4.79 Å². The predicted octanol–water partition coefficient (Wildman–Crippen LogP) is 2.61. The minimum absolute atomic E-state index is 0.00662. The van der Waals surface area contributed by atoms with Gasteiger partial charge < -0.3 is 15.1 Å². The van der Waals surface area contributed by atoms with Gasteiger partial charge >= 0.3 is 6.03 Å². The zero-order valence-corrected chi connectivity index (χ0v) is 13.8. The number of likely N-dealkylation sites (tertiary alicyclic amines) is 2. The van der Waals surface area contributed by atoms with Crippen LogP contribution in [0.1, 0.15) is 44.2 Å². The van der Waals surface area contributed by atoms with Crippen molar-refractivity contribution >= 4 is 23.3 Å². The second-order valence-corrected chi connectivity index (χ2v) is 6.98. The topological polar surface area (TPSA) is 52.7 Å². The first kappa shape index (κ1) is 15.3. The highest BCUT2D eigenvalue weighted by Gasteiger charge is 2.31. The van der Waals surface area contributed by atoms with E-state index in [1.807, 2.05) is 16.7 Å². The molecule has 2 aliphatic rings. The Bertz CT molecular complexity index is 532. The van der Waals surface area contributed by atoms with E-state index >= 15 is 0 Å². The maximum absolute atomic E-state index is 12.5. The van der Waals surface area contributed by atoms with Crippen LogP contribution >= 0.6 is 11.3 Å². The van der Waals surface area contributed by atoms with Crippen molar-refractivity contribution in [2.45, 2.75) is 44.7 Å². The first-order chi connectivity index (χ1) is 10.6. The Morgan fingerprint density at radius 2 is 2.32 bits per heavy atom. The lowest BCUT2D eigenvalue weighted by Gasteiger charge is -2.28. The normalized spacial score (nSPS) is 23.1. The van der Waals surface area contributed by atoms with E-state index in [0.717, 1.165) is 32.4 Å². The molecule has 0 radical (unpaired) electrons. The number of rotatable bonds is 4. The van der Waals surface area contributed by atoms with Gasteiger partial charge in [0, 0.05) is 32.1 Å². The lowest BCUT2D eigenvalue weighted by Crippen LogP contribution is -2.47. The molecule has 2 atom stereocenters. The summed E-state index contributed by atoms with van der Waals surface area (Å²) >= 11 is 1.67. The monoisotopic (exact) mass is 321 g/mol. The van der Waals surface area contributed by atoms with E-state index in [1.165, 1.54) is 5.56 Å². The summed E-state index contributed by atoms with van der Waals surface area (Å²) in [6.07, 6.45) is 3.66. The van der Waals surface area contributed by atoms with Crippen LogP contribution < -0.4 is 5.32 Å². The third kappa shape index (κ3) is 3.27. The van der Waals surface area contributed by atoms with Gasteiger partial charge in [-0.1, -0.05) is 0 Å². The smallest absolute Gasteiger partial charge is 0.318 e. The van der Waals surface area contributed by atoms with Gasteiger partial charge in [-0.25, -0.2) is 4.79 Å². The van der Waals surface area contributed by atoms with Crippen molar-refractivity contribution < 1.29 is 9.59 Å². The highest BCUT2D eigenvalue weighted by atomic mass is 32.1. The zero-order valence-electron chi connectivity index (χ0n) is 13.0. The molecule has 3 amide bonds. The van der Waals surface area contributed by atoms with E-state index < -0.39 is 0 Å². The quantitative estimate of drug-likeness (QED) is 0.927. The third-order valence-corrected chi connectivity index (χ3v) is 5.18. The fourth-order valence-electron chi connectivity index (χ4n) is 3.39. The minimum Gasteiger partial charge on any atom is -0.341 e. The molecule has 120 valence electrons. The average Bonchev–Trinajstić information content (AvgIpc) is 3.19. The van der Waals surface area contributed by atoms with Crippen LogP contribution in [0.2, 0.25) is 0 Å². The minimum atomic E-state index is -0.0155. The van der Waals surface area contributed by atoms with Crippen molar-refractivity contribution in [3.05, 3.63) is 22.4 Å². The fourth-order valence-corrected chi connectivity index (χ4v) is 4.09. The third-order valence-electron chi connectivity index (χ3n) is 4.48. The SMILES string of the molecule is CC(CN1CCCC1=O)NC(=O)N1CCCC1c1ccsc1. The molecule has 0 aliphatic carbocycles. The Hall–Kier alpha value is -1.56. The van der Waals surface area contributed by atoms with Crippen molar-refractivity contribution in [2.75, 3.05) is 19.6 Å². The summed E-state index contributed by atoms with van der Waals surface area (Å²) in [5.74, 6) is 0.207. The number of carbonyl (C=O) groups excluding carboxylic acids is 2. The molecule has 2 fully saturated rings. The van der Waals surface area contributed by atoms with Crippen molar-refractivity contribution in [1.82, 2.24) is 15.1 Å². The van der Waals surface area contributed by atoms with Gasteiger partial charge in [-0.15, -0.1) is 0 Å². The van der Waals surface area contributed by atoms with E-state index in [2.05, 4.69) is 22.1 Å². The van der Waals surface area contributed by atoms with Gasteiger partial charge in [0.1, 0.15) is 0 Å². The maximum atomic E-state index is 12.5. The Morgan fingerprint density at radius 3 is 3.00 bits per heavy atom. The summed E-state index contributed by atoms with van der Waals surface area (Å²) in [4.78, 5) is 28.0. The molecule has 5 nitrogen and oxygen atoms in total. The van der Waals surface area contributed by atoms with E-state index in [0.29, 0.717) is 13.0 Å². The van der Waals surface area contributed by atoms with Crippen LogP contribution in [0.5, 0.6) is 0 Å². The number of hydrogen-bond donors (Lipinski definition) is 1. The van der Waals surface area contributed by atoms with Crippen molar-refractivity contribution in [1.29, 1.82) is 0 Å². The lowest BCUT2D eigenvalue weighted by molar-refractivity contribution is -0.127. The molecule has 1 aromatic heterocycles. The largest absolute Gasteiger partial charge is 0.341 e. The van der Waals surface area contributed by atoms with E-state index in [-0.39, 0.29) is 24.0 Å². The molecular formula is C16H23N3O2S. The molecule has 3 rings (SSSR count). The molecule has 1 N–H and O–H groups in total. The zero-order chi connectivity index (χ0) is 15.5. The lowest BCUT2D eigenvalue weighted by atomic mass is 10.1. The summed E-state index contributed by atoms with van der Waals surface area (Å²) in [6, 6.07) is 2.28. The number of urea groups is 1. The number of nitrogens with zero attached hydrogens (tertiary/aromatic N) is 2. The highest BCUT2D eigenvalue weighted by molar-refractivity contribution is 7.07. The number of thiophene rings is 1. The predicted molar refractivity (Wildman–Crippen MR) is 86.8 cm³/mol. The maximum Gasteiger partial charge on any atom is 0.318 e. The number of nitrogens with one attached hydrogen (secondary N) is 1. The second-order valence-electron chi connectivity index (χ2n) is 6.20. The second kappa shape index (κ2) is 6.69. The molecule has 0 spiro atoms. The van der Waals surface area contributed by atoms with Crippen LogP contribution in [0.3, 0.4) is 0 Å². The summed E-state index contributed by atoms with van der Waals surface area (Å²) in [6.45, 7) is 4.21. The summed E-state index contributed by atoms with van der Waals surface area (Å²) in [5.41, 5.74) is 1.24. The van der Waals surface area contributed by atoms with Gasteiger partial charge in [0.05, 0.1) is 6.04 Å². The number of hydrogen-bond acceptors (Lipinski definition) is 3. The Labute approximate surface area is 135 Å². The molecule has 3 heterocycles. The molecule has 2 unspecified atom stereocenters. The van der Waals surface area contributed by atoms with Gasteiger partial charge in [-0.05, 0) is 48.6 Å². The summed E-state index contributed by atoms with van der Waals surface area (Å²) in [5, 5.41) is 7.25. The molecule has 2 aliphatic heterocycles. The van der Waals surface area contributed by atoms with Crippen molar-refractivity contribution in [3.63, 3.8) is 0 Å². The van der Waals surface area contributed by atoms with Gasteiger partial charge in [0.2, 0.25) is 5.91 Å². The van der Waals surface area contributed by atoms with E-state index in [1.54, 1.807) is 11.3 Å². The van der Waals surface area contributed by atoms with Crippen LogP contribution in [0.25, 0.3) is 0 Å². The molecule has 0 saturated carbocycles. The van der Waals surface area contributed by atoms with Crippen molar-refractivity contribution in [3.8, 4) is 0 Å². The highest BCUT2D eigenvalue weighted by Crippen LogP contribution is 2.32. The Morgan fingerprint density at radius 1 is 1.45 bits per heavy atom.